The van der Waals surface area contributed by atoms with Gasteiger partial charge in [0.15, 0.2) is 5.75 Å². The number of methoxy groups -OCH3 is 1. The van der Waals surface area contributed by atoms with Crippen LogP contribution in [0.5, 0.6) is 11.5 Å². The van der Waals surface area contributed by atoms with E-state index in [9.17, 15) is 15.2 Å². The molecule has 0 heterocycles. The minimum atomic E-state index is -0.736. The van der Waals surface area contributed by atoms with Crippen molar-refractivity contribution in [3.63, 3.8) is 0 Å². The number of nitro groups is 1. The van der Waals surface area contributed by atoms with Crippen molar-refractivity contribution in [1.29, 1.82) is 5.26 Å². The third-order valence-electron chi connectivity index (χ3n) is 2.23. The molecule has 1 rings (SSSR count). The molecule has 1 atom stereocenters. The first-order valence-corrected chi connectivity index (χ1v) is 4.69. The number of nitro benzene ring substituents is 1. The molecule has 0 spiro atoms. The van der Waals surface area contributed by atoms with E-state index in [4.69, 9.17) is 15.7 Å². The number of halogens is 1. The van der Waals surface area contributed by atoms with Crippen LogP contribution in [0, 0.1) is 21.4 Å². The smallest absolute Gasteiger partial charge is 0.314 e. The van der Waals surface area contributed by atoms with E-state index >= 15 is 0 Å². The molecule has 0 saturated heterocycles. The number of nitriles is 1. The first-order valence-electron chi connectivity index (χ1n) is 4.69. The van der Waals surface area contributed by atoms with Crippen LogP contribution in [0.25, 0.3) is 0 Å². The fourth-order valence-electron chi connectivity index (χ4n) is 1.34. The van der Waals surface area contributed by atoms with Crippen LogP contribution in [-0.4, -0.2) is 17.1 Å². The average molecular weight is 274 g/mol. The molecule has 8 heteroatoms. The lowest BCUT2D eigenvalue weighted by molar-refractivity contribution is -0.386. The Morgan fingerprint density at radius 1 is 1.67 bits per heavy atom. The highest BCUT2D eigenvalue weighted by atomic mass is 35.5. The van der Waals surface area contributed by atoms with Gasteiger partial charge in [-0.1, -0.05) is 0 Å². The monoisotopic (exact) mass is 273 g/mol. The van der Waals surface area contributed by atoms with Crippen LogP contribution in [0.3, 0.4) is 0 Å². The first-order chi connectivity index (χ1) is 8.01. The number of aromatic hydroxyl groups is 1. The van der Waals surface area contributed by atoms with Crippen molar-refractivity contribution in [2.24, 2.45) is 5.73 Å². The molecule has 0 aromatic heterocycles. The number of rotatable bonds is 4. The van der Waals surface area contributed by atoms with Crippen molar-refractivity contribution in [2.75, 3.05) is 7.11 Å². The Morgan fingerprint density at radius 2 is 2.28 bits per heavy atom. The van der Waals surface area contributed by atoms with Crippen LogP contribution in [0.4, 0.5) is 5.69 Å². The van der Waals surface area contributed by atoms with E-state index in [-0.39, 0.29) is 24.6 Å². The summed E-state index contributed by atoms with van der Waals surface area (Å²) in [5.74, 6) is -0.590. The quantitative estimate of drug-likeness (QED) is 0.635. The molecule has 0 aliphatic rings. The Kier molecular flexibility index (Phi) is 5.88. The zero-order valence-corrected chi connectivity index (χ0v) is 10.3. The molecule has 0 radical (unpaired) electrons. The van der Waals surface area contributed by atoms with Gasteiger partial charge in [-0.15, -0.1) is 12.4 Å². The second-order valence-electron chi connectivity index (χ2n) is 3.32. The fraction of sp³-hybridized carbons (Fsp3) is 0.300. The maximum Gasteiger partial charge on any atom is 0.314 e. The molecule has 0 aliphatic carbocycles. The SMILES string of the molecule is COc1cc([C@@H](N)CC#N)cc([N+](=O)[O-])c1O.Cl. The van der Waals surface area contributed by atoms with E-state index in [0.717, 1.165) is 6.07 Å². The van der Waals surface area contributed by atoms with Crippen molar-refractivity contribution in [3.8, 4) is 17.6 Å². The van der Waals surface area contributed by atoms with Crippen molar-refractivity contribution in [2.45, 2.75) is 12.5 Å². The van der Waals surface area contributed by atoms with Crippen LogP contribution in [0.1, 0.15) is 18.0 Å². The maximum absolute atomic E-state index is 10.7. The number of benzene rings is 1. The highest BCUT2D eigenvalue weighted by Gasteiger charge is 2.21. The Balaban J connectivity index is 0.00000289. The predicted octanol–water partition coefficient (Wildman–Crippen LogP) is 1.64. The second kappa shape index (κ2) is 6.64. The van der Waals surface area contributed by atoms with Gasteiger partial charge in [0.25, 0.3) is 0 Å². The van der Waals surface area contributed by atoms with E-state index in [1.54, 1.807) is 0 Å². The largest absolute Gasteiger partial charge is 0.500 e. The lowest BCUT2D eigenvalue weighted by Gasteiger charge is -2.11. The molecular weight excluding hydrogens is 262 g/mol. The van der Waals surface area contributed by atoms with Gasteiger partial charge in [0.1, 0.15) is 0 Å². The summed E-state index contributed by atoms with van der Waals surface area (Å²) >= 11 is 0. The number of nitrogens with two attached hydrogens (primary N) is 1. The highest BCUT2D eigenvalue weighted by molar-refractivity contribution is 5.85. The summed E-state index contributed by atoms with van der Waals surface area (Å²) < 4.78 is 4.81. The molecule has 0 unspecified atom stereocenters. The lowest BCUT2D eigenvalue weighted by atomic mass is 10.0. The highest BCUT2D eigenvalue weighted by Crippen LogP contribution is 2.38. The van der Waals surface area contributed by atoms with Gasteiger partial charge in [-0.3, -0.25) is 10.1 Å². The lowest BCUT2D eigenvalue weighted by Crippen LogP contribution is -2.10. The number of ether oxygens (including phenoxy) is 1. The van der Waals surface area contributed by atoms with E-state index in [0.29, 0.717) is 5.56 Å². The van der Waals surface area contributed by atoms with Gasteiger partial charge in [0.05, 0.1) is 24.5 Å². The van der Waals surface area contributed by atoms with Gasteiger partial charge in [-0.25, -0.2) is 0 Å². The van der Waals surface area contributed by atoms with Crippen LogP contribution < -0.4 is 10.5 Å². The van der Waals surface area contributed by atoms with Gasteiger partial charge in [-0.2, -0.15) is 5.26 Å². The third kappa shape index (κ3) is 3.23. The number of nitrogens with zero attached hydrogens (tertiary/aromatic N) is 2. The normalized spacial score (nSPS) is 10.9. The Morgan fingerprint density at radius 3 is 2.72 bits per heavy atom. The van der Waals surface area contributed by atoms with E-state index in [2.05, 4.69) is 0 Å². The summed E-state index contributed by atoms with van der Waals surface area (Å²) in [6.07, 6.45) is 0.0189. The summed E-state index contributed by atoms with van der Waals surface area (Å²) in [4.78, 5) is 9.97. The summed E-state index contributed by atoms with van der Waals surface area (Å²) in [6.45, 7) is 0. The summed E-state index contributed by atoms with van der Waals surface area (Å²) in [5, 5.41) is 28.7. The van der Waals surface area contributed by atoms with Crippen LogP contribution in [-0.2, 0) is 0 Å². The van der Waals surface area contributed by atoms with Crippen molar-refractivity contribution < 1.29 is 14.8 Å². The second-order valence-corrected chi connectivity index (χ2v) is 3.32. The van der Waals surface area contributed by atoms with Gasteiger partial charge >= 0.3 is 5.69 Å². The van der Waals surface area contributed by atoms with E-state index in [1.807, 2.05) is 6.07 Å². The fourth-order valence-corrected chi connectivity index (χ4v) is 1.34. The molecule has 98 valence electrons. The molecular formula is C10H12ClN3O4. The predicted molar refractivity (Wildman–Crippen MR) is 65.7 cm³/mol. The molecule has 0 fully saturated rings. The standard InChI is InChI=1S/C10H11N3O4.ClH/c1-17-9-5-6(7(12)2-3-11)4-8(10(9)14)13(15)16;/h4-5,7,14H,2,12H2,1H3;1H/t7-;/m0./s1. The number of phenolic OH excluding ortho intramolecular Hbond substituents is 1. The van der Waals surface area contributed by atoms with Crippen LogP contribution in [0.2, 0.25) is 0 Å². The summed E-state index contributed by atoms with van der Waals surface area (Å²) in [7, 11) is 1.28. The number of phenols is 1. The molecule has 3 N–H and O–H groups in total. The van der Waals surface area contributed by atoms with E-state index < -0.39 is 22.4 Å². The van der Waals surface area contributed by atoms with Crippen molar-refractivity contribution >= 4 is 18.1 Å². The van der Waals surface area contributed by atoms with Gasteiger partial charge in [0, 0.05) is 12.1 Å². The Hall–Kier alpha value is -2.04. The number of hydrogen-bond acceptors (Lipinski definition) is 6. The molecule has 1 aromatic rings. The van der Waals surface area contributed by atoms with Gasteiger partial charge < -0.3 is 15.6 Å². The summed E-state index contributed by atoms with van der Waals surface area (Å²) in [6, 6.07) is 3.73. The van der Waals surface area contributed by atoms with E-state index in [1.165, 1.54) is 13.2 Å². The Labute approximate surface area is 109 Å². The molecule has 0 saturated carbocycles. The zero-order chi connectivity index (χ0) is 13.0. The first kappa shape index (κ1) is 16.0. The molecule has 0 amide bonds. The molecule has 18 heavy (non-hydrogen) atoms. The zero-order valence-electron chi connectivity index (χ0n) is 9.49. The minimum Gasteiger partial charge on any atom is -0.500 e. The van der Waals surface area contributed by atoms with Crippen molar-refractivity contribution in [3.05, 3.63) is 27.8 Å². The topological polar surface area (TPSA) is 122 Å². The third-order valence-corrected chi connectivity index (χ3v) is 2.23. The average Bonchev–Trinajstić information content (AvgIpc) is 2.29. The molecule has 1 aromatic carbocycles. The van der Waals surface area contributed by atoms with Crippen LogP contribution in [0.15, 0.2) is 12.1 Å². The number of hydrogen-bond donors (Lipinski definition) is 2. The molecule has 7 nitrogen and oxygen atoms in total. The van der Waals surface area contributed by atoms with Crippen LogP contribution >= 0.6 is 12.4 Å². The van der Waals surface area contributed by atoms with Crippen molar-refractivity contribution in [1.82, 2.24) is 0 Å². The Bertz CT molecular complexity index is 487. The molecule has 0 aliphatic heterocycles. The van der Waals surface area contributed by atoms with Gasteiger partial charge in [-0.05, 0) is 11.6 Å². The molecule has 0 bridgehead atoms. The maximum atomic E-state index is 10.7. The van der Waals surface area contributed by atoms with Gasteiger partial charge in [0.2, 0.25) is 5.75 Å². The minimum absolute atomic E-state index is 0. The summed E-state index contributed by atoms with van der Waals surface area (Å²) in [5.41, 5.74) is 5.54.